The number of methoxy groups -OCH3 is 1. The van der Waals surface area contributed by atoms with Crippen molar-refractivity contribution in [2.24, 2.45) is 5.92 Å². The van der Waals surface area contributed by atoms with Crippen molar-refractivity contribution in [2.75, 3.05) is 39.9 Å². The van der Waals surface area contributed by atoms with Crippen LogP contribution in [0.15, 0.2) is 48.8 Å². The largest absolute Gasteiger partial charge is 0.496 e. The first kappa shape index (κ1) is 32.8. The van der Waals surface area contributed by atoms with Gasteiger partial charge in [0, 0.05) is 63.1 Å². The molecule has 40 heavy (non-hydrogen) atoms. The number of likely N-dealkylation sites (tertiary alicyclic amines) is 1. The second-order valence-electron chi connectivity index (χ2n) is 8.88. The zero-order valence-electron chi connectivity index (χ0n) is 21.4. The molecule has 0 unspecified atom stereocenters. The van der Waals surface area contributed by atoms with Gasteiger partial charge in [-0.15, -0.1) is 0 Å². The van der Waals surface area contributed by atoms with Gasteiger partial charge in [-0.1, -0.05) is 24.3 Å². The van der Waals surface area contributed by atoms with E-state index in [0.717, 1.165) is 51.6 Å². The third-order valence-electron chi connectivity index (χ3n) is 5.89. The fraction of sp³-hybridized carbons (Fsp3) is 0.480. The number of hydrogen-bond acceptors (Lipinski definition) is 7. The van der Waals surface area contributed by atoms with E-state index in [0.29, 0.717) is 12.0 Å². The molecule has 0 amide bonds. The molecule has 2 N–H and O–H groups in total. The number of aliphatic carboxylic acids is 2. The molecule has 0 radical (unpaired) electrons. The second-order valence-corrected chi connectivity index (χ2v) is 8.88. The summed E-state index contributed by atoms with van der Waals surface area (Å²) in [6.07, 6.45) is -6.03. The number of alkyl halides is 6. The number of halogens is 6. The zero-order valence-corrected chi connectivity index (χ0v) is 21.4. The van der Waals surface area contributed by atoms with Crippen LogP contribution in [0.3, 0.4) is 0 Å². The number of benzene rings is 1. The maximum absolute atomic E-state index is 10.6. The van der Waals surface area contributed by atoms with Crippen molar-refractivity contribution in [3.8, 4) is 5.75 Å². The van der Waals surface area contributed by atoms with Crippen LogP contribution in [0.25, 0.3) is 0 Å². The second kappa shape index (κ2) is 14.8. The van der Waals surface area contributed by atoms with Crippen molar-refractivity contribution in [1.29, 1.82) is 0 Å². The van der Waals surface area contributed by atoms with Crippen molar-refractivity contribution >= 4 is 11.9 Å². The Labute approximate surface area is 225 Å². The van der Waals surface area contributed by atoms with Crippen LogP contribution in [0.2, 0.25) is 0 Å². The Balaban J connectivity index is 0.000000333. The Bertz CT molecular complexity index is 1060. The van der Waals surface area contributed by atoms with E-state index < -0.39 is 24.3 Å². The molecule has 2 atom stereocenters. The van der Waals surface area contributed by atoms with E-state index in [4.69, 9.17) is 29.3 Å². The number of rotatable bonds is 5. The topological polar surface area (TPSA) is 112 Å². The van der Waals surface area contributed by atoms with Gasteiger partial charge in [0.2, 0.25) is 0 Å². The summed E-state index contributed by atoms with van der Waals surface area (Å²) in [5, 5.41) is 14.2. The van der Waals surface area contributed by atoms with Gasteiger partial charge in [-0.25, -0.2) is 9.59 Å². The molecule has 9 nitrogen and oxygen atoms in total. The zero-order chi connectivity index (χ0) is 29.9. The minimum absolute atomic E-state index is 0.337. The fourth-order valence-electron chi connectivity index (χ4n) is 4.14. The molecule has 2 saturated heterocycles. The van der Waals surface area contributed by atoms with Crippen LogP contribution >= 0.6 is 0 Å². The Morgan fingerprint density at radius 1 is 0.950 bits per heavy atom. The van der Waals surface area contributed by atoms with E-state index in [1.54, 1.807) is 7.11 Å². The summed E-state index contributed by atoms with van der Waals surface area (Å²) in [7, 11) is 1.74. The molecular weight excluding hydrogens is 552 g/mol. The fourth-order valence-corrected chi connectivity index (χ4v) is 4.14. The molecule has 1 aromatic heterocycles. The third-order valence-corrected chi connectivity index (χ3v) is 5.89. The molecule has 222 valence electrons. The third kappa shape index (κ3) is 11.0. The van der Waals surface area contributed by atoms with Crippen LogP contribution in [0, 0.1) is 5.92 Å². The first-order valence-corrected chi connectivity index (χ1v) is 11.9. The minimum Gasteiger partial charge on any atom is -0.496 e. The summed E-state index contributed by atoms with van der Waals surface area (Å²) >= 11 is 0. The average molecular weight is 582 g/mol. The normalized spacial score (nSPS) is 19.7. The van der Waals surface area contributed by atoms with E-state index in [9.17, 15) is 26.3 Å². The molecule has 2 aliphatic rings. The number of nitrogens with zero attached hydrogens (tertiary/aromatic N) is 3. The number of hydrogen-bond donors (Lipinski definition) is 2. The lowest BCUT2D eigenvalue weighted by atomic mass is 10.1. The first-order chi connectivity index (χ1) is 18.7. The standard InChI is InChI=1S/C21H27N3O2.2C2HF3O2/c1-25-20-7-3-2-6-18(20)13-24-15-19-14-23(9-10-26-21(19)16-24)12-17-5-4-8-22-11-17;2*3-2(4,5)1(6)7/h2-8,11,19,21H,9-10,12-16H2,1H3;2*(H,6,7)/t19-,21+;;/m0../s1. The maximum atomic E-state index is 10.6. The highest BCUT2D eigenvalue weighted by Gasteiger charge is 2.39. The summed E-state index contributed by atoms with van der Waals surface area (Å²) in [4.78, 5) is 27.0. The number of carboxylic acid groups (broad SMARTS) is 2. The molecular formula is C25H29F6N3O6. The molecule has 0 saturated carbocycles. The Hall–Kier alpha value is -3.43. The van der Waals surface area contributed by atoms with Crippen LogP contribution in [-0.4, -0.2) is 95.3 Å². The van der Waals surface area contributed by atoms with Gasteiger partial charge >= 0.3 is 24.3 Å². The number of pyridine rings is 1. The predicted octanol–water partition coefficient (Wildman–Crippen LogP) is 3.69. The van der Waals surface area contributed by atoms with Crippen molar-refractivity contribution in [1.82, 2.24) is 14.8 Å². The predicted molar refractivity (Wildman–Crippen MR) is 128 cm³/mol. The molecule has 0 spiro atoms. The Morgan fingerprint density at radius 3 is 2.10 bits per heavy atom. The summed E-state index contributed by atoms with van der Waals surface area (Å²) in [5.41, 5.74) is 2.52. The van der Waals surface area contributed by atoms with Gasteiger partial charge in [-0.3, -0.25) is 14.8 Å². The van der Waals surface area contributed by atoms with E-state index in [2.05, 4.69) is 33.0 Å². The lowest BCUT2D eigenvalue weighted by Crippen LogP contribution is -2.32. The van der Waals surface area contributed by atoms with Gasteiger partial charge in [0.05, 0.1) is 19.8 Å². The van der Waals surface area contributed by atoms with E-state index in [1.165, 1.54) is 11.1 Å². The number of ether oxygens (including phenoxy) is 2. The summed E-state index contributed by atoms with van der Waals surface area (Å²) in [5.74, 6) is -3.98. The molecule has 3 heterocycles. The van der Waals surface area contributed by atoms with Crippen LogP contribution < -0.4 is 4.74 Å². The van der Waals surface area contributed by atoms with Gasteiger partial charge in [-0.05, 0) is 17.7 Å². The quantitative estimate of drug-likeness (QED) is 0.511. The highest BCUT2D eigenvalue weighted by molar-refractivity contribution is 5.73. The van der Waals surface area contributed by atoms with Crippen LogP contribution in [0.5, 0.6) is 5.75 Å². The van der Waals surface area contributed by atoms with Crippen LogP contribution in [0.1, 0.15) is 11.1 Å². The molecule has 2 aliphatic heterocycles. The number of carboxylic acids is 2. The van der Waals surface area contributed by atoms with Crippen molar-refractivity contribution in [3.05, 3.63) is 59.9 Å². The summed E-state index contributed by atoms with van der Waals surface area (Å²) in [6.45, 7) is 6.84. The number of carbonyl (C=O) groups is 2. The summed E-state index contributed by atoms with van der Waals surface area (Å²) in [6, 6.07) is 12.5. The lowest BCUT2D eigenvalue weighted by Gasteiger charge is -2.23. The molecule has 0 bridgehead atoms. The van der Waals surface area contributed by atoms with E-state index >= 15 is 0 Å². The van der Waals surface area contributed by atoms with Gasteiger partial charge in [0.1, 0.15) is 5.75 Å². The minimum atomic E-state index is -5.08. The van der Waals surface area contributed by atoms with Gasteiger partial charge in [0.25, 0.3) is 0 Å². The van der Waals surface area contributed by atoms with E-state index in [1.807, 2.05) is 30.6 Å². The van der Waals surface area contributed by atoms with Crippen LogP contribution in [-0.2, 0) is 27.4 Å². The monoisotopic (exact) mass is 581 g/mol. The molecule has 15 heteroatoms. The Morgan fingerprint density at radius 2 is 1.55 bits per heavy atom. The molecule has 1 aromatic carbocycles. The van der Waals surface area contributed by atoms with Gasteiger partial charge in [0.15, 0.2) is 0 Å². The number of para-hydroxylation sites is 1. The smallest absolute Gasteiger partial charge is 0.490 e. The van der Waals surface area contributed by atoms with Gasteiger partial charge in [-0.2, -0.15) is 26.3 Å². The maximum Gasteiger partial charge on any atom is 0.490 e. The van der Waals surface area contributed by atoms with E-state index in [-0.39, 0.29) is 0 Å². The Kier molecular flexibility index (Phi) is 12.1. The van der Waals surface area contributed by atoms with Crippen molar-refractivity contribution in [3.63, 3.8) is 0 Å². The SMILES string of the molecule is COc1ccccc1CN1C[C@@H]2CN(Cc3cccnc3)CCO[C@@H]2C1.O=C(O)C(F)(F)F.O=C(O)C(F)(F)F. The van der Waals surface area contributed by atoms with Crippen LogP contribution in [0.4, 0.5) is 26.3 Å². The highest BCUT2D eigenvalue weighted by Crippen LogP contribution is 2.28. The highest BCUT2D eigenvalue weighted by atomic mass is 19.4. The van der Waals surface area contributed by atoms with Gasteiger partial charge < -0.3 is 19.7 Å². The van der Waals surface area contributed by atoms with Crippen molar-refractivity contribution < 1.29 is 55.6 Å². The molecule has 4 rings (SSSR count). The van der Waals surface area contributed by atoms with Crippen molar-refractivity contribution in [2.45, 2.75) is 31.5 Å². The lowest BCUT2D eigenvalue weighted by molar-refractivity contribution is -0.193. The number of fused-ring (bicyclic) bond motifs is 1. The molecule has 0 aliphatic carbocycles. The molecule has 2 aromatic rings. The average Bonchev–Trinajstić information content (AvgIpc) is 3.15. The number of aromatic nitrogens is 1. The summed E-state index contributed by atoms with van der Waals surface area (Å²) < 4.78 is 75.2. The first-order valence-electron chi connectivity index (χ1n) is 11.9. The molecule has 2 fully saturated rings.